The van der Waals surface area contributed by atoms with Gasteiger partial charge in [0.05, 0.1) is 12.5 Å². The Bertz CT molecular complexity index is 384. The first-order chi connectivity index (χ1) is 6.56. The molecule has 0 saturated carbocycles. The van der Waals surface area contributed by atoms with Crippen molar-refractivity contribution in [1.82, 2.24) is 4.98 Å². The topological polar surface area (TPSA) is 36.7 Å². The fourth-order valence-corrected chi connectivity index (χ4v) is 0.963. The molecule has 0 aliphatic rings. The summed E-state index contributed by atoms with van der Waals surface area (Å²) in [4.78, 5) is 2.84. The molecule has 1 aromatic rings. The molecular formula is C8H4F4N2. The second kappa shape index (κ2) is 4.05. The molecular weight excluding hydrogens is 200 g/mol. The van der Waals surface area contributed by atoms with Gasteiger partial charge in [-0.05, 0) is 0 Å². The molecule has 0 radical (unpaired) electrons. The van der Waals surface area contributed by atoms with Crippen molar-refractivity contribution in [3.8, 4) is 6.07 Å². The summed E-state index contributed by atoms with van der Waals surface area (Å²) in [6.45, 7) is 0. The van der Waals surface area contributed by atoms with E-state index >= 15 is 0 Å². The molecule has 1 aromatic heterocycles. The molecule has 0 aromatic carbocycles. The van der Waals surface area contributed by atoms with Crippen LogP contribution in [-0.4, -0.2) is 4.98 Å². The fourth-order valence-electron chi connectivity index (χ4n) is 0.963. The first-order valence-corrected chi connectivity index (χ1v) is 3.56. The van der Waals surface area contributed by atoms with Gasteiger partial charge in [-0.15, -0.1) is 0 Å². The number of nitrogens with zero attached hydrogens (tertiary/aromatic N) is 2. The van der Waals surface area contributed by atoms with Crippen LogP contribution >= 0.6 is 0 Å². The summed E-state index contributed by atoms with van der Waals surface area (Å²) in [7, 11) is 0. The molecule has 0 bridgehead atoms. The lowest BCUT2D eigenvalue weighted by Crippen LogP contribution is -2.03. The molecule has 0 amide bonds. The predicted octanol–water partition coefficient (Wildman–Crippen LogP) is 2.36. The number of rotatable bonds is 2. The summed E-state index contributed by atoms with van der Waals surface area (Å²) >= 11 is 0. The fraction of sp³-hybridized carbons (Fsp3) is 0.250. The van der Waals surface area contributed by atoms with E-state index in [1.165, 1.54) is 6.07 Å². The van der Waals surface area contributed by atoms with Crippen LogP contribution in [0.4, 0.5) is 17.6 Å². The Morgan fingerprint density at radius 1 is 1.43 bits per heavy atom. The number of pyridine rings is 1. The Morgan fingerprint density at radius 3 is 2.57 bits per heavy atom. The minimum absolute atomic E-state index is 0.374. The molecule has 0 N–H and O–H groups in total. The highest BCUT2D eigenvalue weighted by atomic mass is 19.3. The van der Waals surface area contributed by atoms with E-state index < -0.39 is 35.9 Å². The van der Waals surface area contributed by atoms with Gasteiger partial charge in [0.25, 0.3) is 6.43 Å². The zero-order chi connectivity index (χ0) is 10.7. The molecule has 14 heavy (non-hydrogen) atoms. The van der Waals surface area contributed by atoms with Gasteiger partial charge in [-0.2, -0.15) is 9.65 Å². The van der Waals surface area contributed by atoms with E-state index in [4.69, 9.17) is 5.26 Å². The van der Waals surface area contributed by atoms with Gasteiger partial charge in [0.2, 0.25) is 5.95 Å². The minimum atomic E-state index is -3.09. The van der Waals surface area contributed by atoms with Crippen LogP contribution in [-0.2, 0) is 6.42 Å². The van der Waals surface area contributed by atoms with Gasteiger partial charge in [-0.1, -0.05) is 0 Å². The molecule has 0 fully saturated rings. The third-order valence-corrected chi connectivity index (χ3v) is 1.53. The largest absolute Gasteiger partial charge is 0.280 e. The molecule has 0 unspecified atom stereocenters. The van der Waals surface area contributed by atoms with Crippen molar-refractivity contribution in [2.24, 2.45) is 0 Å². The highest BCUT2D eigenvalue weighted by Gasteiger charge is 2.19. The highest BCUT2D eigenvalue weighted by molar-refractivity contribution is 5.26. The maximum Gasteiger partial charge on any atom is 0.280 e. The Kier molecular flexibility index (Phi) is 3.02. The lowest BCUT2D eigenvalue weighted by Gasteiger charge is -2.05. The van der Waals surface area contributed by atoms with Crippen molar-refractivity contribution in [3.05, 3.63) is 29.1 Å². The third-order valence-electron chi connectivity index (χ3n) is 1.53. The molecule has 1 rings (SSSR count). The Hall–Kier alpha value is -1.64. The average Bonchev–Trinajstić information content (AvgIpc) is 2.09. The minimum Gasteiger partial charge on any atom is -0.218 e. The van der Waals surface area contributed by atoms with E-state index in [-0.39, 0.29) is 0 Å². The van der Waals surface area contributed by atoms with E-state index in [0.717, 1.165) is 0 Å². The summed E-state index contributed by atoms with van der Waals surface area (Å²) in [5.41, 5.74) is -1.56. The number of nitriles is 1. The monoisotopic (exact) mass is 204 g/mol. The number of hydrogen-bond donors (Lipinski definition) is 0. The summed E-state index contributed by atoms with van der Waals surface area (Å²) in [5, 5.41) is 8.24. The molecule has 0 atom stereocenters. The van der Waals surface area contributed by atoms with Crippen LogP contribution in [0, 0.1) is 23.1 Å². The molecule has 1 heterocycles. The number of halogens is 4. The van der Waals surface area contributed by atoms with E-state index in [2.05, 4.69) is 4.98 Å². The summed E-state index contributed by atoms with van der Waals surface area (Å²) in [5.74, 6) is -2.49. The van der Waals surface area contributed by atoms with Crippen molar-refractivity contribution in [1.29, 1.82) is 5.26 Å². The van der Waals surface area contributed by atoms with Crippen molar-refractivity contribution in [2.75, 3.05) is 0 Å². The average molecular weight is 204 g/mol. The lowest BCUT2D eigenvalue weighted by molar-refractivity contribution is 0.143. The normalized spacial score (nSPS) is 10.3. The van der Waals surface area contributed by atoms with Crippen LogP contribution in [0.1, 0.15) is 17.7 Å². The zero-order valence-electron chi connectivity index (χ0n) is 6.77. The molecule has 6 heteroatoms. The van der Waals surface area contributed by atoms with Crippen LogP contribution in [0.3, 0.4) is 0 Å². The second-order valence-corrected chi connectivity index (χ2v) is 2.43. The molecule has 0 spiro atoms. The van der Waals surface area contributed by atoms with Gasteiger partial charge in [0.1, 0.15) is 11.5 Å². The number of alkyl halides is 2. The van der Waals surface area contributed by atoms with Crippen LogP contribution in [0.25, 0.3) is 0 Å². The summed E-state index contributed by atoms with van der Waals surface area (Å²) < 4.78 is 49.7. The molecule has 0 saturated heterocycles. The predicted molar refractivity (Wildman–Crippen MR) is 38.4 cm³/mol. The third kappa shape index (κ3) is 1.99. The first-order valence-electron chi connectivity index (χ1n) is 3.56. The van der Waals surface area contributed by atoms with Crippen molar-refractivity contribution >= 4 is 0 Å². The standard InChI is InChI=1S/C8H4F4N2/c9-5-3-6(10)14-7(8(11)12)4(5)1-2-13/h3,8H,1H2. The van der Waals surface area contributed by atoms with E-state index in [0.29, 0.717) is 6.07 Å². The second-order valence-electron chi connectivity index (χ2n) is 2.43. The van der Waals surface area contributed by atoms with E-state index in [9.17, 15) is 17.6 Å². The van der Waals surface area contributed by atoms with Crippen LogP contribution in [0.2, 0.25) is 0 Å². The van der Waals surface area contributed by atoms with Crippen molar-refractivity contribution < 1.29 is 17.6 Å². The van der Waals surface area contributed by atoms with Crippen LogP contribution in [0.5, 0.6) is 0 Å². The van der Waals surface area contributed by atoms with Crippen molar-refractivity contribution in [2.45, 2.75) is 12.8 Å². The number of aromatic nitrogens is 1. The van der Waals surface area contributed by atoms with Gasteiger partial charge in [-0.3, -0.25) is 0 Å². The summed E-state index contributed by atoms with van der Waals surface area (Å²) in [6.07, 6.45) is -3.65. The first kappa shape index (κ1) is 10.4. The molecule has 74 valence electrons. The lowest BCUT2D eigenvalue weighted by atomic mass is 10.1. The maximum atomic E-state index is 12.9. The van der Waals surface area contributed by atoms with Crippen LogP contribution < -0.4 is 0 Å². The Balaban J connectivity index is 3.30. The maximum absolute atomic E-state index is 12.9. The van der Waals surface area contributed by atoms with Gasteiger partial charge >= 0.3 is 0 Å². The van der Waals surface area contributed by atoms with Gasteiger partial charge in [0.15, 0.2) is 0 Å². The molecule has 0 aliphatic carbocycles. The SMILES string of the molecule is N#CCc1c(F)cc(F)nc1C(F)F. The van der Waals surface area contributed by atoms with E-state index in [1.54, 1.807) is 0 Å². The number of hydrogen-bond acceptors (Lipinski definition) is 2. The van der Waals surface area contributed by atoms with Gasteiger partial charge < -0.3 is 0 Å². The van der Waals surface area contributed by atoms with Crippen LogP contribution in [0.15, 0.2) is 6.07 Å². The van der Waals surface area contributed by atoms with Crippen molar-refractivity contribution in [3.63, 3.8) is 0 Å². The Morgan fingerprint density at radius 2 is 2.07 bits per heavy atom. The van der Waals surface area contributed by atoms with Gasteiger partial charge in [-0.25, -0.2) is 18.2 Å². The molecule has 0 aliphatic heterocycles. The Labute approximate surface area is 76.8 Å². The molecule has 2 nitrogen and oxygen atoms in total. The quantitative estimate of drug-likeness (QED) is 0.547. The smallest absolute Gasteiger partial charge is 0.218 e. The van der Waals surface area contributed by atoms with Gasteiger partial charge in [0, 0.05) is 11.6 Å². The summed E-state index contributed by atoms with van der Waals surface area (Å²) in [6, 6.07) is 1.88. The van der Waals surface area contributed by atoms with E-state index in [1.807, 2.05) is 0 Å². The highest BCUT2D eigenvalue weighted by Crippen LogP contribution is 2.23. The zero-order valence-corrected chi connectivity index (χ0v) is 6.77.